The van der Waals surface area contributed by atoms with Gasteiger partial charge in [-0.15, -0.1) is 0 Å². The zero-order valence-electron chi connectivity index (χ0n) is 8.26. The maximum atomic E-state index is 11.5. The van der Waals surface area contributed by atoms with Crippen molar-refractivity contribution >= 4 is 21.9 Å². The molecule has 2 unspecified atom stereocenters. The molecule has 1 heterocycles. The molecule has 3 nitrogen and oxygen atoms in total. The van der Waals surface area contributed by atoms with Crippen LogP contribution in [-0.4, -0.2) is 29.0 Å². The van der Waals surface area contributed by atoms with E-state index in [1.165, 1.54) is 0 Å². The van der Waals surface area contributed by atoms with Crippen molar-refractivity contribution in [2.45, 2.75) is 43.7 Å². The Morgan fingerprint density at radius 2 is 2.15 bits per heavy atom. The molecule has 1 N–H and O–H groups in total. The van der Waals surface area contributed by atoms with Crippen LogP contribution in [0.1, 0.15) is 27.2 Å². The number of carbonyl (C=O) groups is 1. The van der Waals surface area contributed by atoms with Gasteiger partial charge in [-0.05, 0) is 27.2 Å². The summed E-state index contributed by atoms with van der Waals surface area (Å²) in [6.07, 6.45) is 0.814. The van der Waals surface area contributed by atoms with E-state index in [9.17, 15) is 4.79 Å². The maximum Gasteiger partial charge on any atom is 0.323 e. The molecular formula is C9H16BrNO2. The molecule has 0 aromatic rings. The van der Waals surface area contributed by atoms with E-state index in [2.05, 4.69) is 21.2 Å². The van der Waals surface area contributed by atoms with Crippen LogP contribution >= 0.6 is 15.9 Å². The van der Waals surface area contributed by atoms with Gasteiger partial charge in [0.1, 0.15) is 11.6 Å². The highest BCUT2D eigenvalue weighted by Crippen LogP contribution is 2.17. The smallest absolute Gasteiger partial charge is 0.323 e. The first-order chi connectivity index (χ1) is 5.88. The van der Waals surface area contributed by atoms with Crippen molar-refractivity contribution in [3.8, 4) is 0 Å². The van der Waals surface area contributed by atoms with Crippen LogP contribution in [0.15, 0.2) is 0 Å². The molecule has 0 amide bonds. The van der Waals surface area contributed by atoms with Gasteiger partial charge in [0.2, 0.25) is 0 Å². The van der Waals surface area contributed by atoms with Crippen LogP contribution in [0.2, 0.25) is 0 Å². The van der Waals surface area contributed by atoms with E-state index < -0.39 is 0 Å². The number of esters is 1. The number of hydrogen-bond acceptors (Lipinski definition) is 3. The standard InChI is InChI=1S/C9H16BrNO2/c1-9(2,3)13-8(12)7-4-6(10)5-11-7/h6-7,11H,4-5H2,1-3H3. The second kappa shape index (κ2) is 3.96. The van der Waals surface area contributed by atoms with Crippen LogP contribution in [0.25, 0.3) is 0 Å². The van der Waals surface area contributed by atoms with Crippen molar-refractivity contribution < 1.29 is 9.53 Å². The van der Waals surface area contributed by atoms with E-state index in [0.717, 1.165) is 13.0 Å². The quantitative estimate of drug-likeness (QED) is 0.565. The molecule has 2 atom stereocenters. The first kappa shape index (κ1) is 11.0. The number of halogens is 1. The Morgan fingerprint density at radius 1 is 1.54 bits per heavy atom. The van der Waals surface area contributed by atoms with Crippen molar-refractivity contribution in [1.82, 2.24) is 5.32 Å². The molecule has 0 spiro atoms. The summed E-state index contributed by atoms with van der Waals surface area (Å²) < 4.78 is 5.25. The molecule has 0 saturated carbocycles. The minimum Gasteiger partial charge on any atom is -0.459 e. The molecule has 1 fully saturated rings. The van der Waals surface area contributed by atoms with Crippen LogP contribution in [-0.2, 0) is 9.53 Å². The molecule has 0 radical (unpaired) electrons. The Hall–Kier alpha value is -0.0900. The van der Waals surface area contributed by atoms with Gasteiger partial charge in [-0.25, -0.2) is 0 Å². The Labute approximate surface area is 87.3 Å². The van der Waals surface area contributed by atoms with Gasteiger partial charge < -0.3 is 10.1 Å². The molecule has 1 saturated heterocycles. The van der Waals surface area contributed by atoms with Crippen molar-refractivity contribution in [2.75, 3.05) is 6.54 Å². The maximum absolute atomic E-state index is 11.5. The second-order valence-electron chi connectivity index (χ2n) is 4.33. The zero-order chi connectivity index (χ0) is 10.1. The van der Waals surface area contributed by atoms with E-state index >= 15 is 0 Å². The third-order valence-electron chi connectivity index (χ3n) is 1.77. The molecule has 13 heavy (non-hydrogen) atoms. The van der Waals surface area contributed by atoms with Gasteiger partial charge >= 0.3 is 5.97 Å². The van der Waals surface area contributed by atoms with Crippen LogP contribution in [0.4, 0.5) is 0 Å². The number of carbonyl (C=O) groups excluding carboxylic acids is 1. The summed E-state index contributed by atoms with van der Waals surface area (Å²) >= 11 is 3.46. The van der Waals surface area contributed by atoms with Gasteiger partial charge in [-0.2, -0.15) is 0 Å². The van der Waals surface area contributed by atoms with E-state index in [-0.39, 0.29) is 17.6 Å². The highest BCUT2D eigenvalue weighted by Gasteiger charge is 2.31. The third kappa shape index (κ3) is 3.65. The second-order valence-corrected chi connectivity index (χ2v) is 5.62. The predicted octanol–water partition coefficient (Wildman–Crippen LogP) is 1.45. The molecule has 4 heteroatoms. The number of rotatable bonds is 1. The van der Waals surface area contributed by atoms with Crippen LogP contribution < -0.4 is 5.32 Å². The third-order valence-corrected chi connectivity index (χ3v) is 2.47. The molecular weight excluding hydrogens is 234 g/mol. The Morgan fingerprint density at radius 3 is 2.54 bits per heavy atom. The minimum atomic E-state index is -0.386. The average molecular weight is 250 g/mol. The summed E-state index contributed by atoms with van der Waals surface area (Å²) in [5.41, 5.74) is -0.386. The SMILES string of the molecule is CC(C)(C)OC(=O)C1CC(Br)CN1. The van der Waals surface area contributed by atoms with Gasteiger partial charge in [0.25, 0.3) is 0 Å². The molecule has 0 aliphatic carbocycles. The molecule has 0 aromatic heterocycles. The van der Waals surface area contributed by atoms with E-state index in [1.807, 2.05) is 20.8 Å². The minimum absolute atomic E-state index is 0.136. The summed E-state index contributed by atoms with van der Waals surface area (Å²) in [5, 5.41) is 3.11. The van der Waals surface area contributed by atoms with Gasteiger partial charge in [0.05, 0.1) is 0 Å². The van der Waals surface area contributed by atoms with Crippen molar-refractivity contribution in [3.63, 3.8) is 0 Å². The van der Waals surface area contributed by atoms with E-state index in [0.29, 0.717) is 4.83 Å². The molecule has 0 aromatic carbocycles. The van der Waals surface area contributed by atoms with E-state index in [4.69, 9.17) is 4.74 Å². The fourth-order valence-corrected chi connectivity index (χ4v) is 1.81. The van der Waals surface area contributed by atoms with Crippen molar-refractivity contribution in [3.05, 3.63) is 0 Å². The zero-order valence-corrected chi connectivity index (χ0v) is 9.85. The molecule has 1 aliphatic heterocycles. The lowest BCUT2D eigenvalue weighted by Gasteiger charge is -2.21. The van der Waals surface area contributed by atoms with Crippen molar-refractivity contribution in [2.24, 2.45) is 0 Å². The lowest BCUT2D eigenvalue weighted by molar-refractivity contribution is -0.156. The summed E-state index contributed by atoms with van der Waals surface area (Å²) in [7, 11) is 0. The van der Waals surface area contributed by atoms with Gasteiger partial charge in [0.15, 0.2) is 0 Å². The Kier molecular flexibility index (Phi) is 3.35. The topological polar surface area (TPSA) is 38.3 Å². The Balaban J connectivity index is 2.41. The number of ether oxygens (including phenoxy) is 1. The van der Waals surface area contributed by atoms with E-state index in [1.54, 1.807) is 0 Å². The first-order valence-corrected chi connectivity index (χ1v) is 5.40. The highest BCUT2D eigenvalue weighted by molar-refractivity contribution is 9.09. The molecule has 0 bridgehead atoms. The molecule has 76 valence electrons. The fraction of sp³-hybridized carbons (Fsp3) is 0.889. The van der Waals surface area contributed by atoms with Crippen LogP contribution in [0, 0.1) is 0 Å². The summed E-state index contributed by atoms with van der Waals surface area (Å²) in [6, 6.07) is -0.136. The Bertz CT molecular complexity index is 200. The van der Waals surface area contributed by atoms with Crippen molar-refractivity contribution in [1.29, 1.82) is 0 Å². The molecule has 1 aliphatic rings. The lowest BCUT2D eigenvalue weighted by Crippen LogP contribution is -2.37. The molecule has 1 rings (SSSR count). The number of alkyl halides is 1. The van der Waals surface area contributed by atoms with Gasteiger partial charge in [-0.3, -0.25) is 4.79 Å². The number of hydrogen-bond donors (Lipinski definition) is 1. The largest absolute Gasteiger partial charge is 0.459 e. The van der Waals surface area contributed by atoms with Gasteiger partial charge in [0, 0.05) is 11.4 Å². The normalized spacial score (nSPS) is 28.9. The van der Waals surface area contributed by atoms with Gasteiger partial charge in [-0.1, -0.05) is 15.9 Å². The van der Waals surface area contributed by atoms with Crippen LogP contribution in [0.3, 0.4) is 0 Å². The highest BCUT2D eigenvalue weighted by atomic mass is 79.9. The summed E-state index contributed by atoms with van der Waals surface area (Å²) in [6.45, 7) is 6.48. The predicted molar refractivity (Wildman–Crippen MR) is 55.0 cm³/mol. The van der Waals surface area contributed by atoms with Crippen LogP contribution in [0.5, 0.6) is 0 Å². The summed E-state index contributed by atoms with van der Waals surface area (Å²) in [4.78, 5) is 11.9. The first-order valence-electron chi connectivity index (χ1n) is 4.49. The summed E-state index contributed by atoms with van der Waals surface area (Å²) in [5.74, 6) is -0.144. The fourth-order valence-electron chi connectivity index (χ4n) is 1.25. The number of nitrogens with one attached hydrogen (secondary N) is 1. The monoisotopic (exact) mass is 249 g/mol. The lowest BCUT2D eigenvalue weighted by atomic mass is 10.2. The average Bonchev–Trinajstić information content (AvgIpc) is 2.31.